The van der Waals surface area contributed by atoms with Crippen LogP contribution in [0, 0.1) is 13.8 Å². The van der Waals surface area contributed by atoms with Gasteiger partial charge in [0, 0.05) is 24.5 Å². The largest absolute Gasteiger partial charge is 0.389 e. The van der Waals surface area contributed by atoms with Crippen LogP contribution >= 0.6 is 12.2 Å². The number of aryl methyl sites for hydroxylation is 3. The molecule has 0 spiro atoms. The fourth-order valence-corrected chi connectivity index (χ4v) is 2.05. The lowest BCUT2D eigenvalue weighted by atomic mass is 10.1. The first-order valence-electron chi connectivity index (χ1n) is 6.10. The Morgan fingerprint density at radius 2 is 2.10 bits per heavy atom. The van der Waals surface area contributed by atoms with Crippen molar-refractivity contribution in [2.75, 3.05) is 5.32 Å². The molecule has 5 nitrogen and oxygen atoms in total. The highest BCUT2D eigenvalue weighted by molar-refractivity contribution is 7.80. The van der Waals surface area contributed by atoms with Crippen molar-refractivity contribution in [3.63, 3.8) is 0 Å². The van der Waals surface area contributed by atoms with Gasteiger partial charge in [0.25, 0.3) is 5.91 Å². The molecule has 0 aliphatic carbocycles. The van der Waals surface area contributed by atoms with Gasteiger partial charge in [0.05, 0.1) is 11.3 Å². The van der Waals surface area contributed by atoms with Crippen LogP contribution in [0.15, 0.2) is 24.4 Å². The summed E-state index contributed by atoms with van der Waals surface area (Å²) in [7, 11) is 1.78. The lowest BCUT2D eigenvalue weighted by Gasteiger charge is -2.09. The molecule has 1 heterocycles. The molecule has 0 saturated carbocycles. The molecule has 2 rings (SSSR count). The van der Waals surface area contributed by atoms with Gasteiger partial charge in [-0.05, 0) is 25.5 Å². The monoisotopic (exact) mass is 288 g/mol. The SMILES string of the molecule is Cc1ccc(C(N)=S)cc1NC(=O)c1cn(C)nc1C. The third-order valence-electron chi connectivity index (χ3n) is 3.03. The Morgan fingerprint density at radius 3 is 2.65 bits per heavy atom. The molecule has 0 radical (unpaired) electrons. The highest BCUT2D eigenvalue weighted by atomic mass is 32.1. The molecule has 0 aliphatic heterocycles. The summed E-state index contributed by atoms with van der Waals surface area (Å²) in [5.74, 6) is -0.196. The van der Waals surface area contributed by atoms with E-state index in [1.165, 1.54) is 0 Å². The summed E-state index contributed by atoms with van der Waals surface area (Å²) in [5, 5.41) is 7.03. The van der Waals surface area contributed by atoms with Crippen molar-refractivity contribution in [2.45, 2.75) is 13.8 Å². The van der Waals surface area contributed by atoms with Crippen LogP contribution in [0.1, 0.15) is 27.2 Å². The van der Waals surface area contributed by atoms with Gasteiger partial charge >= 0.3 is 0 Å². The van der Waals surface area contributed by atoms with Crippen molar-refractivity contribution in [1.29, 1.82) is 0 Å². The van der Waals surface area contributed by atoms with Crippen LogP contribution in [0.4, 0.5) is 5.69 Å². The zero-order valence-electron chi connectivity index (χ0n) is 11.6. The summed E-state index contributed by atoms with van der Waals surface area (Å²) < 4.78 is 1.61. The van der Waals surface area contributed by atoms with Crippen LogP contribution < -0.4 is 11.1 Å². The van der Waals surface area contributed by atoms with Crippen LogP contribution in [0.25, 0.3) is 0 Å². The van der Waals surface area contributed by atoms with Crippen molar-refractivity contribution < 1.29 is 4.79 Å². The molecule has 0 unspecified atom stereocenters. The number of rotatable bonds is 3. The highest BCUT2D eigenvalue weighted by Crippen LogP contribution is 2.18. The van der Waals surface area contributed by atoms with E-state index in [1.807, 2.05) is 19.1 Å². The van der Waals surface area contributed by atoms with Gasteiger partial charge < -0.3 is 11.1 Å². The first kappa shape index (κ1) is 14.2. The molecule has 6 heteroatoms. The topological polar surface area (TPSA) is 72.9 Å². The number of amides is 1. The smallest absolute Gasteiger partial charge is 0.259 e. The molecule has 2 aromatic rings. The summed E-state index contributed by atoms with van der Waals surface area (Å²) in [6, 6.07) is 5.49. The molecule has 20 heavy (non-hydrogen) atoms. The Labute approximate surface area is 122 Å². The molecular formula is C14H16N4OS. The summed E-state index contributed by atoms with van der Waals surface area (Å²) >= 11 is 4.95. The zero-order chi connectivity index (χ0) is 14.9. The van der Waals surface area contributed by atoms with Gasteiger partial charge in [-0.25, -0.2) is 0 Å². The van der Waals surface area contributed by atoms with Gasteiger partial charge in [-0.2, -0.15) is 5.10 Å². The van der Waals surface area contributed by atoms with E-state index in [4.69, 9.17) is 18.0 Å². The summed E-state index contributed by atoms with van der Waals surface area (Å²) in [6.45, 7) is 3.71. The Morgan fingerprint density at radius 1 is 1.40 bits per heavy atom. The third-order valence-corrected chi connectivity index (χ3v) is 3.26. The Hall–Kier alpha value is -2.21. The van der Waals surface area contributed by atoms with Crippen LogP contribution in [-0.4, -0.2) is 20.7 Å². The van der Waals surface area contributed by atoms with Gasteiger partial charge in [-0.1, -0.05) is 24.4 Å². The number of nitrogens with one attached hydrogen (secondary N) is 1. The quantitative estimate of drug-likeness (QED) is 0.846. The average molecular weight is 288 g/mol. The standard InChI is InChI=1S/C14H16N4OS/c1-8-4-5-10(13(15)20)6-12(8)16-14(19)11-7-18(3)17-9(11)2/h4-7H,1-3H3,(H2,15,20)(H,16,19). The minimum Gasteiger partial charge on any atom is -0.389 e. The molecule has 1 amide bonds. The van der Waals surface area contributed by atoms with Gasteiger partial charge in [0.15, 0.2) is 0 Å². The van der Waals surface area contributed by atoms with E-state index in [0.29, 0.717) is 21.9 Å². The van der Waals surface area contributed by atoms with Crippen molar-refractivity contribution in [3.05, 3.63) is 46.8 Å². The lowest BCUT2D eigenvalue weighted by molar-refractivity contribution is 0.102. The molecule has 1 aromatic carbocycles. The Balaban J connectivity index is 2.30. The summed E-state index contributed by atoms with van der Waals surface area (Å²) in [6.07, 6.45) is 1.69. The number of anilines is 1. The van der Waals surface area contributed by atoms with E-state index in [0.717, 1.165) is 11.1 Å². The molecular weight excluding hydrogens is 272 g/mol. The van der Waals surface area contributed by atoms with E-state index >= 15 is 0 Å². The third kappa shape index (κ3) is 2.85. The van der Waals surface area contributed by atoms with Crippen molar-refractivity contribution in [3.8, 4) is 0 Å². The van der Waals surface area contributed by atoms with Crippen LogP contribution in [0.3, 0.4) is 0 Å². The normalized spacial score (nSPS) is 10.3. The number of nitrogens with two attached hydrogens (primary N) is 1. The van der Waals surface area contributed by atoms with Crippen LogP contribution in [0.2, 0.25) is 0 Å². The Kier molecular flexibility index (Phi) is 3.85. The molecule has 104 valence electrons. The number of hydrogen-bond acceptors (Lipinski definition) is 3. The van der Waals surface area contributed by atoms with Crippen molar-refractivity contribution in [1.82, 2.24) is 9.78 Å². The first-order chi connectivity index (χ1) is 9.38. The number of benzene rings is 1. The summed E-state index contributed by atoms with van der Waals surface area (Å²) in [5.41, 5.74) is 9.21. The maximum atomic E-state index is 12.3. The molecule has 0 aliphatic rings. The first-order valence-corrected chi connectivity index (χ1v) is 6.51. The molecule has 1 aromatic heterocycles. The zero-order valence-corrected chi connectivity index (χ0v) is 12.4. The molecule has 0 atom stereocenters. The second kappa shape index (κ2) is 5.42. The second-order valence-electron chi connectivity index (χ2n) is 4.65. The van der Waals surface area contributed by atoms with Crippen LogP contribution in [-0.2, 0) is 7.05 Å². The second-order valence-corrected chi connectivity index (χ2v) is 5.09. The minimum atomic E-state index is -0.196. The van der Waals surface area contributed by atoms with Gasteiger partial charge in [-0.3, -0.25) is 9.48 Å². The van der Waals surface area contributed by atoms with Gasteiger partial charge in [0.1, 0.15) is 4.99 Å². The number of carbonyl (C=O) groups excluding carboxylic acids is 1. The highest BCUT2D eigenvalue weighted by Gasteiger charge is 2.14. The number of hydrogen-bond donors (Lipinski definition) is 2. The molecule has 0 saturated heterocycles. The molecule has 0 fully saturated rings. The predicted octanol–water partition coefficient (Wildman–Crippen LogP) is 1.92. The van der Waals surface area contributed by atoms with Gasteiger partial charge in [0.2, 0.25) is 0 Å². The maximum Gasteiger partial charge on any atom is 0.259 e. The van der Waals surface area contributed by atoms with Crippen LogP contribution in [0.5, 0.6) is 0 Å². The van der Waals surface area contributed by atoms with E-state index < -0.39 is 0 Å². The fourth-order valence-electron chi connectivity index (χ4n) is 1.92. The molecule has 3 N–H and O–H groups in total. The van der Waals surface area contributed by atoms with Gasteiger partial charge in [-0.15, -0.1) is 0 Å². The van der Waals surface area contributed by atoms with Crippen molar-refractivity contribution in [2.24, 2.45) is 12.8 Å². The maximum absolute atomic E-state index is 12.3. The van der Waals surface area contributed by atoms with Crippen molar-refractivity contribution >= 4 is 28.8 Å². The predicted molar refractivity (Wildman–Crippen MR) is 83.0 cm³/mol. The lowest BCUT2D eigenvalue weighted by Crippen LogP contribution is -2.15. The average Bonchev–Trinajstić information content (AvgIpc) is 2.71. The molecule has 0 bridgehead atoms. The number of thiocarbonyl (C=S) groups is 1. The van der Waals surface area contributed by atoms with E-state index in [2.05, 4.69) is 10.4 Å². The number of nitrogens with zero attached hydrogens (tertiary/aromatic N) is 2. The number of aromatic nitrogens is 2. The van der Waals surface area contributed by atoms with E-state index in [-0.39, 0.29) is 5.91 Å². The Bertz CT molecular complexity index is 690. The minimum absolute atomic E-state index is 0.196. The van der Waals surface area contributed by atoms with E-state index in [1.54, 1.807) is 30.9 Å². The van der Waals surface area contributed by atoms with E-state index in [9.17, 15) is 4.79 Å². The fraction of sp³-hybridized carbons (Fsp3) is 0.214. The number of carbonyl (C=O) groups is 1. The summed E-state index contributed by atoms with van der Waals surface area (Å²) in [4.78, 5) is 12.6.